The first-order valence-electron chi connectivity index (χ1n) is 16.6. The second kappa shape index (κ2) is 11.9. The summed E-state index contributed by atoms with van der Waals surface area (Å²) in [6, 6.07) is 12.9. The van der Waals surface area contributed by atoms with Gasteiger partial charge in [-0.05, 0) is 84.4 Å². The average Bonchev–Trinajstić information content (AvgIpc) is 3.45. The fourth-order valence-electron chi connectivity index (χ4n) is 7.23. The van der Waals surface area contributed by atoms with Gasteiger partial charge in [0.2, 0.25) is 0 Å². The van der Waals surface area contributed by atoms with E-state index in [0.717, 1.165) is 65.9 Å². The molecule has 0 N–H and O–H groups in total. The number of methoxy groups -OCH3 is 1. The third-order valence-electron chi connectivity index (χ3n) is 9.59. The lowest BCUT2D eigenvalue weighted by atomic mass is 9.86. The Balaban J connectivity index is 1.47. The molecule has 2 atom stereocenters. The van der Waals surface area contributed by atoms with Gasteiger partial charge < -0.3 is 23.8 Å². The Kier molecular flexibility index (Phi) is 7.99. The van der Waals surface area contributed by atoms with E-state index in [1.165, 1.54) is 19.2 Å². The van der Waals surface area contributed by atoms with Gasteiger partial charge in [0.25, 0.3) is 0 Å². The highest BCUT2D eigenvalue weighted by Gasteiger charge is 2.39. The number of esters is 1. The number of carbonyl (C=O) groups is 1. The van der Waals surface area contributed by atoms with Crippen molar-refractivity contribution in [3.05, 3.63) is 65.1 Å². The van der Waals surface area contributed by atoms with Crippen LogP contribution in [-0.4, -0.2) is 58.6 Å². The predicted octanol–water partition coefficient (Wildman–Crippen LogP) is 7.53. The average molecular weight is 643 g/mol. The van der Waals surface area contributed by atoms with Crippen LogP contribution < -0.4 is 9.64 Å². The molecule has 8 rings (SSSR count). The molecule has 0 saturated carbocycles. The third kappa shape index (κ3) is 5.86. The molecule has 4 aromatic rings. The van der Waals surface area contributed by atoms with E-state index in [-0.39, 0.29) is 17.5 Å². The Hall–Kier alpha value is -4.02. The van der Waals surface area contributed by atoms with Crippen molar-refractivity contribution in [2.24, 2.45) is 0 Å². The molecule has 4 aliphatic heterocycles. The zero-order chi connectivity index (χ0) is 33.1. The summed E-state index contributed by atoms with van der Waals surface area (Å²) < 4.78 is 41.0. The van der Waals surface area contributed by atoms with Gasteiger partial charge >= 0.3 is 5.97 Å². The zero-order valence-electron chi connectivity index (χ0n) is 28.1. The lowest BCUT2D eigenvalue weighted by Gasteiger charge is -2.41. The van der Waals surface area contributed by atoms with Crippen molar-refractivity contribution < 1.29 is 28.1 Å². The third-order valence-corrected chi connectivity index (χ3v) is 9.59. The SMILES string of the molecule is COC(=O)[C@@H](OC(C)(C)C)c1c(C)nc2cc3nn2c1N1CCC(C)(CC1)OCCCC[C@H]1Oc2cc(F)ccc2-c2cccc-3c21. The molecule has 0 amide bonds. The molecule has 1 fully saturated rings. The van der Waals surface area contributed by atoms with Crippen LogP contribution in [0.5, 0.6) is 5.75 Å². The molecule has 0 radical (unpaired) electrons. The van der Waals surface area contributed by atoms with Crippen molar-refractivity contribution in [1.29, 1.82) is 0 Å². The summed E-state index contributed by atoms with van der Waals surface area (Å²) in [6.45, 7) is 11.9. The van der Waals surface area contributed by atoms with E-state index in [0.29, 0.717) is 42.4 Å². The fraction of sp³-hybridized carbons (Fsp3) is 0.486. The van der Waals surface area contributed by atoms with Crippen LogP contribution in [0.15, 0.2) is 42.5 Å². The molecule has 0 unspecified atom stereocenters. The van der Waals surface area contributed by atoms with E-state index in [2.05, 4.69) is 24.0 Å². The number of hydrogen-bond acceptors (Lipinski definition) is 8. The minimum absolute atomic E-state index is 0.272. The normalized spacial score (nSPS) is 21.7. The molecule has 9 nitrogen and oxygen atoms in total. The fourth-order valence-corrected chi connectivity index (χ4v) is 7.23. The number of halogens is 1. The monoisotopic (exact) mass is 642 g/mol. The van der Waals surface area contributed by atoms with E-state index in [1.807, 2.05) is 44.3 Å². The summed E-state index contributed by atoms with van der Waals surface area (Å²) in [4.78, 5) is 20.7. The maximum Gasteiger partial charge on any atom is 0.339 e. The summed E-state index contributed by atoms with van der Waals surface area (Å²) in [5.74, 6) is 0.507. The van der Waals surface area contributed by atoms with E-state index >= 15 is 0 Å². The number of hydrogen-bond donors (Lipinski definition) is 0. The smallest absolute Gasteiger partial charge is 0.339 e. The maximum absolute atomic E-state index is 14.4. The highest BCUT2D eigenvalue weighted by atomic mass is 19.1. The first-order chi connectivity index (χ1) is 22.4. The van der Waals surface area contributed by atoms with Crippen LogP contribution in [0.2, 0.25) is 0 Å². The van der Waals surface area contributed by atoms with E-state index in [4.69, 9.17) is 29.0 Å². The van der Waals surface area contributed by atoms with Crippen LogP contribution in [0.4, 0.5) is 10.2 Å². The first-order valence-corrected chi connectivity index (χ1v) is 16.6. The lowest BCUT2D eigenvalue weighted by Crippen LogP contribution is -2.46. The molecule has 0 aliphatic carbocycles. The first kappa shape index (κ1) is 31.6. The number of carbonyl (C=O) groups excluding carboxylic acids is 1. The molecule has 2 aromatic carbocycles. The Morgan fingerprint density at radius 3 is 2.60 bits per heavy atom. The van der Waals surface area contributed by atoms with Crippen molar-refractivity contribution >= 4 is 17.4 Å². The molecule has 4 aliphatic rings. The van der Waals surface area contributed by atoms with Gasteiger partial charge in [0, 0.05) is 54.2 Å². The molecule has 10 heteroatoms. The molecule has 4 bridgehead atoms. The molecule has 47 heavy (non-hydrogen) atoms. The van der Waals surface area contributed by atoms with E-state index in [1.54, 1.807) is 6.07 Å². The van der Waals surface area contributed by atoms with Gasteiger partial charge in [0.1, 0.15) is 23.5 Å². The van der Waals surface area contributed by atoms with Crippen LogP contribution in [0.3, 0.4) is 0 Å². The zero-order valence-corrected chi connectivity index (χ0v) is 28.1. The number of aryl methyl sites for hydroxylation is 1. The van der Waals surface area contributed by atoms with Gasteiger partial charge in [-0.3, -0.25) is 0 Å². The summed E-state index contributed by atoms with van der Waals surface area (Å²) in [7, 11) is 1.38. The molecular weight excluding hydrogens is 599 g/mol. The summed E-state index contributed by atoms with van der Waals surface area (Å²) in [5.41, 5.74) is 5.65. The molecule has 1 saturated heterocycles. The quantitative estimate of drug-likeness (QED) is 0.212. The second-order valence-corrected chi connectivity index (χ2v) is 14.2. The summed E-state index contributed by atoms with van der Waals surface area (Å²) >= 11 is 0. The van der Waals surface area contributed by atoms with Crippen LogP contribution in [-0.2, 0) is 19.0 Å². The minimum Gasteiger partial charge on any atom is -0.485 e. The van der Waals surface area contributed by atoms with E-state index < -0.39 is 17.7 Å². The maximum atomic E-state index is 14.4. The number of rotatable bonds is 3. The van der Waals surface area contributed by atoms with Crippen molar-refractivity contribution in [2.45, 2.75) is 90.1 Å². The standard InChI is InChI=1S/C37H43FN4O5/c1-22-31(33(35(43)44-6)47-36(2,3)4)34-41-17-15-37(5,16-18-41)45-19-8-7-12-28-32-25(24-14-13-23(38)20-29(24)46-28)10-9-11-26(32)27-21-30(39-22)42(34)40-27/h9-11,13-14,20-21,28,33H,7-8,12,15-19H2,1-6H3/t28-,33+/m1/s1. The van der Waals surface area contributed by atoms with Gasteiger partial charge in [-0.25, -0.2) is 14.2 Å². The van der Waals surface area contributed by atoms with Crippen LogP contribution in [0.25, 0.3) is 28.0 Å². The molecule has 2 aromatic heterocycles. The Bertz CT molecular complexity index is 1840. The highest BCUT2D eigenvalue weighted by molar-refractivity contribution is 5.84. The number of aromatic nitrogens is 3. The second-order valence-electron chi connectivity index (χ2n) is 14.2. The number of ether oxygens (including phenoxy) is 4. The van der Waals surface area contributed by atoms with E-state index in [9.17, 15) is 9.18 Å². The van der Waals surface area contributed by atoms with Gasteiger partial charge in [-0.2, -0.15) is 9.61 Å². The Morgan fingerprint density at radius 2 is 1.85 bits per heavy atom. The number of fused-ring (bicyclic) bond motifs is 8. The van der Waals surface area contributed by atoms with Crippen LogP contribution in [0, 0.1) is 12.7 Å². The molecular formula is C37H43FN4O5. The topological polar surface area (TPSA) is 87.4 Å². The number of piperidine rings is 1. The van der Waals surface area contributed by atoms with Gasteiger partial charge in [0.15, 0.2) is 11.8 Å². The Labute approximate surface area is 275 Å². The lowest BCUT2D eigenvalue weighted by molar-refractivity contribution is -0.164. The van der Waals surface area contributed by atoms with Crippen LogP contribution in [0.1, 0.15) is 88.8 Å². The predicted molar refractivity (Wildman–Crippen MR) is 177 cm³/mol. The van der Waals surface area contributed by atoms with Crippen molar-refractivity contribution in [1.82, 2.24) is 14.6 Å². The number of nitrogens with zero attached hydrogens (tertiary/aromatic N) is 4. The minimum atomic E-state index is -1.01. The molecule has 248 valence electrons. The number of benzene rings is 2. The largest absolute Gasteiger partial charge is 0.485 e. The van der Waals surface area contributed by atoms with Gasteiger partial charge in [-0.15, -0.1) is 0 Å². The number of anilines is 1. The van der Waals surface area contributed by atoms with Crippen molar-refractivity contribution in [2.75, 3.05) is 31.7 Å². The molecule has 0 spiro atoms. The van der Waals surface area contributed by atoms with Gasteiger partial charge in [-0.1, -0.05) is 18.2 Å². The Morgan fingerprint density at radius 1 is 1.09 bits per heavy atom. The summed E-state index contributed by atoms with van der Waals surface area (Å²) in [5, 5.41) is 5.23. The van der Waals surface area contributed by atoms with Crippen molar-refractivity contribution in [3.63, 3.8) is 0 Å². The van der Waals surface area contributed by atoms with Gasteiger partial charge in [0.05, 0.1) is 29.6 Å². The van der Waals surface area contributed by atoms with Crippen LogP contribution >= 0.6 is 0 Å². The van der Waals surface area contributed by atoms with Crippen molar-refractivity contribution in [3.8, 4) is 28.1 Å². The highest BCUT2D eigenvalue weighted by Crippen LogP contribution is 2.48. The summed E-state index contributed by atoms with van der Waals surface area (Å²) in [6.07, 6.45) is 2.86. The molecule has 6 heterocycles.